The van der Waals surface area contributed by atoms with E-state index in [1.54, 1.807) is 11.3 Å². The van der Waals surface area contributed by atoms with Crippen LogP contribution >= 0.6 is 11.3 Å². The Bertz CT molecular complexity index is 509. The predicted octanol–water partition coefficient (Wildman–Crippen LogP) is 3.36. The third-order valence-corrected chi connectivity index (χ3v) is 3.62. The first-order valence-electron chi connectivity index (χ1n) is 6.54. The van der Waals surface area contributed by atoms with Crippen LogP contribution in [0, 0.1) is 0 Å². The number of aromatic nitrogens is 2. The van der Waals surface area contributed by atoms with Gasteiger partial charge in [0, 0.05) is 19.6 Å². The zero-order chi connectivity index (χ0) is 13.0. The van der Waals surface area contributed by atoms with Crippen LogP contribution in [0.5, 0.6) is 0 Å². The molecule has 0 unspecified atom stereocenters. The average molecular weight is 264 g/mol. The fourth-order valence-corrected chi connectivity index (χ4v) is 2.76. The van der Waals surface area contributed by atoms with Gasteiger partial charge in [0.05, 0.1) is 5.39 Å². The number of nitrogens with one attached hydrogen (secondary N) is 1. The van der Waals surface area contributed by atoms with Crippen LogP contribution in [0.25, 0.3) is 10.2 Å². The van der Waals surface area contributed by atoms with E-state index in [1.807, 2.05) is 0 Å². The summed E-state index contributed by atoms with van der Waals surface area (Å²) in [6.45, 7) is 9.27. The lowest BCUT2D eigenvalue weighted by atomic mass is 10.3. The van der Waals surface area contributed by atoms with Crippen LogP contribution in [0.15, 0.2) is 11.4 Å². The van der Waals surface area contributed by atoms with Crippen LogP contribution in [0.2, 0.25) is 0 Å². The number of rotatable bonds is 6. The van der Waals surface area contributed by atoms with Gasteiger partial charge in [-0.25, -0.2) is 4.98 Å². The van der Waals surface area contributed by atoms with Crippen LogP contribution in [0.1, 0.15) is 27.2 Å². The maximum atomic E-state index is 4.66. The molecule has 18 heavy (non-hydrogen) atoms. The fraction of sp³-hybridized carbons (Fsp3) is 0.538. The van der Waals surface area contributed by atoms with Gasteiger partial charge in [-0.15, -0.1) is 11.3 Å². The molecule has 0 bridgehead atoms. The summed E-state index contributed by atoms with van der Waals surface area (Å²) in [4.78, 5) is 12.6. The zero-order valence-electron chi connectivity index (χ0n) is 11.2. The Morgan fingerprint density at radius 1 is 1.28 bits per heavy atom. The quantitative estimate of drug-likeness (QED) is 0.868. The molecule has 0 radical (unpaired) electrons. The Kier molecular flexibility index (Phi) is 4.36. The molecular formula is C13H20N4S. The molecule has 2 aromatic rings. The Balaban J connectivity index is 2.47. The number of thiophene rings is 1. The Morgan fingerprint density at radius 3 is 2.78 bits per heavy atom. The minimum absolute atomic E-state index is 0.733. The molecule has 5 heteroatoms. The van der Waals surface area contributed by atoms with E-state index < -0.39 is 0 Å². The summed E-state index contributed by atoms with van der Waals surface area (Å²) in [5.74, 6) is 1.79. The molecular weight excluding hydrogens is 244 g/mol. The summed E-state index contributed by atoms with van der Waals surface area (Å²) in [6, 6.07) is 2.11. The van der Waals surface area contributed by atoms with Crippen molar-refractivity contribution in [2.45, 2.75) is 27.2 Å². The first kappa shape index (κ1) is 13.1. The van der Waals surface area contributed by atoms with Crippen LogP contribution in [-0.4, -0.2) is 29.6 Å². The monoisotopic (exact) mass is 264 g/mol. The van der Waals surface area contributed by atoms with Crippen LogP contribution in [0.3, 0.4) is 0 Å². The SMILES string of the molecule is CCCN(CC)c1nc(NCC)nc2sccc12. The second-order valence-electron chi connectivity index (χ2n) is 4.12. The first-order valence-corrected chi connectivity index (χ1v) is 7.42. The van der Waals surface area contributed by atoms with Crippen molar-refractivity contribution in [1.29, 1.82) is 0 Å². The summed E-state index contributed by atoms with van der Waals surface area (Å²) in [5, 5.41) is 6.45. The van der Waals surface area contributed by atoms with Crippen LogP contribution in [-0.2, 0) is 0 Å². The Labute approximate surface area is 112 Å². The molecule has 2 rings (SSSR count). The molecule has 0 fully saturated rings. The highest BCUT2D eigenvalue weighted by Crippen LogP contribution is 2.29. The van der Waals surface area contributed by atoms with Gasteiger partial charge in [0.15, 0.2) is 0 Å². The third-order valence-electron chi connectivity index (χ3n) is 2.81. The molecule has 0 spiro atoms. The van der Waals surface area contributed by atoms with E-state index in [9.17, 15) is 0 Å². The van der Waals surface area contributed by atoms with Crippen molar-refractivity contribution in [3.8, 4) is 0 Å². The Morgan fingerprint density at radius 2 is 2.11 bits per heavy atom. The number of hydrogen-bond acceptors (Lipinski definition) is 5. The maximum Gasteiger partial charge on any atom is 0.226 e. The van der Waals surface area contributed by atoms with Gasteiger partial charge in [-0.3, -0.25) is 0 Å². The van der Waals surface area contributed by atoms with Crippen molar-refractivity contribution < 1.29 is 0 Å². The molecule has 98 valence electrons. The van der Waals surface area contributed by atoms with Crippen LogP contribution in [0.4, 0.5) is 11.8 Å². The van der Waals surface area contributed by atoms with Crippen molar-refractivity contribution in [3.05, 3.63) is 11.4 Å². The molecule has 0 aliphatic carbocycles. The second-order valence-corrected chi connectivity index (χ2v) is 5.01. The largest absolute Gasteiger partial charge is 0.356 e. The molecule has 4 nitrogen and oxygen atoms in total. The molecule has 0 atom stereocenters. The van der Waals surface area contributed by atoms with E-state index in [0.29, 0.717) is 0 Å². The van der Waals surface area contributed by atoms with E-state index >= 15 is 0 Å². The standard InChI is InChI=1S/C13H20N4S/c1-4-8-17(6-3)11-10-7-9-18-12(10)16-13(15-11)14-5-2/h7,9H,4-6,8H2,1-3H3,(H,14,15,16). The van der Waals surface area contributed by atoms with Gasteiger partial charge in [0.25, 0.3) is 0 Å². The molecule has 0 aliphatic heterocycles. The topological polar surface area (TPSA) is 41.1 Å². The highest BCUT2D eigenvalue weighted by atomic mass is 32.1. The minimum Gasteiger partial charge on any atom is -0.356 e. The number of hydrogen-bond donors (Lipinski definition) is 1. The lowest BCUT2D eigenvalue weighted by Crippen LogP contribution is -2.25. The van der Waals surface area contributed by atoms with Gasteiger partial charge in [-0.1, -0.05) is 6.92 Å². The highest BCUT2D eigenvalue weighted by Gasteiger charge is 2.13. The van der Waals surface area contributed by atoms with E-state index in [4.69, 9.17) is 0 Å². The zero-order valence-corrected chi connectivity index (χ0v) is 12.0. The Hall–Kier alpha value is -1.36. The summed E-state index contributed by atoms with van der Waals surface area (Å²) >= 11 is 1.67. The number of anilines is 2. The molecule has 0 saturated carbocycles. The molecule has 0 aliphatic rings. The smallest absolute Gasteiger partial charge is 0.226 e. The van der Waals surface area contributed by atoms with Crippen LogP contribution < -0.4 is 10.2 Å². The summed E-state index contributed by atoms with van der Waals surface area (Å²) < 4.78 is 0. The normalized spacial score (nSPS) is 10.8. The van der Waals surface area contributed by atoms with Crippen molar-refractivity contribution in [2.75, 3.05) is 29.9 Å². The lowest BCUT2D eigenvalue weighted by Gasteiger charge is -2.22. The average Bonchev–Trinajstić information content (AvgIpc) is 2.83. The summed E-state index contributed by atoms with van der Waals surface area (Å²) in [5.41, 5.74) is 0. The van der Waals surface area contributed by atoms with Crippen molar-refractivity contribution >= 4 is 33.3 Å². The van der Waals surface area contributed by atoms with E-state index in [-0.39, 0.29) is 0 Å². The molecule has 1 N–H and O–H groups in total. The molecule has 2 aromatic heterocycles. The van der Waals surface area contributed by atoms with Crippen molar-refractivity contribution in [3.63, 3.8) is 0 Å². The molecule has 0 aromatic carbocycles. The van der Waals surface area contributed by atoms with E-state index in [0.717, 1.165) is 48.0 Å². The van der Waals surface area contributed by atoms with Crippen molar-refractivity contribution in [1.82, 2.24) is 9.97 Å². The molecule has 0 saturated heterocycles. The van der Waals surface area contributed by atoms with Gasteiger partial charge >= 0.3 is 0 Å². The first-order chi connectivity index (χ1) is 8.80. The summed E-state index contributed by atoms with van der Waals surface area (Å²) in [6.07, 6.45) is 1.13. The van der Waals surface area contributed by atoms with Gasteiger partial charge in [0.2, 0.25) is 5.95 Å². The maximum absolute atomic E-state index is 4.66. The lowest BCUT2D eigenvalue weighted by molar-refractivity contribution is 0.781. The summed E-state index contributed by atoms with van der Waals surface area (Å²) in [7, 11) is 0. The molecule has 2 heterocycles. The predicted molar refractivity (Wildman–Crippen MR) is 79.8 cm³/mol. The van der Waals surface area contributed by atoms with Gasteiger partial charge in [0.1, 0.15) is 10.6 Å². The van der Waals surface area contributed by atoms with E-state index in [2.05, 4.69) is 52.4 Å². The number of fused-ring (bicyclic) bond motifs is 1. The third kappa shape index (κ3) is 2.56. The highest BCUT2D eigenvalue weighted by molar-refractivity contribution is 7.16. The minimum atomic E-state index is 0.733. The molecule has 0 amide bonds. The van der Waals surface area contributed by atoms with Gasteiger partial charge < -0.3 is 10.2 Å². The second kappa shape index (κ2) is 6.00. The van der Waals surface area contributed by atoms with Gasteiger partial charge in [-0.2, -0.15) is 4.98 Å². The fourth-order valence-electron chi connectivity index (χ4n) is 2.00. The van der Waals surface area contributed by atoms with Crippen molar-refractivity contribution in [2.24, 2.45) is 0 Å². The number of nitrogens with zero attached hydrogens (tertiary/aromatic N) is 3. The van der Waals surface area contributed by atoms with Gasteiger partial charge in [-0.05, 0) is 31.7 Å². The van der Waals surface area contributed by atoms with E-state index in [1.165, 1.54) is 0 Å².